The molecule has 0 saturated carbocycles. The van der Waals surface area contributed by atoms with E-state index in [4.69, 9.17) is 5.11 Å². The second kappa shape index (κ2) is 4.52. The fourth-order valence-corrected chi connectivity index (χ4v) is 1.23. The number of nitrogens with zero attached hydrogens (tertiary/aromatic N) is 1. The number of carbonyl (C=O) groups is 1. The molecule has 6 heteroatoms. The number of carboxylic acids is 1. The van der Waals surface area contributed by atoms with Gasteiger partial charge in [-0.2, -0.15) is 12.8 Å². The summed E-state index contributed by atoms with van der Waals surface area (Å²) in [5.74, 6) is -1.09. The summed E-state index contributed by atoms with van der Waals surface area (Å²) in [6.07, 6.45) is 0. The summed E-state index contributed by atoms with van der Waals surface area (Å²) in [5.41, 5.74) is 0.450. The lowest BCUT2D eigenvalue weighted by Crippen LogP contribution is -2.01. The average Bonchev–Trinajstić information content (AvgIpc) is 2.15. The Kier molecular flexibility index (Phi) is 3.35. The molecule has 0 aliphatic heterocycles. The zero-order chi connectivity index (χ0) is 10.6. The summed E-state index contributed by atoms with van der Waals surface area (Å²) in [4.78, 5) is 10.7. The number of hydrogen-bond donors (Lipinski definition) is 1. The lowest BCUT2D eigenvalue weighted by Gasteiger charge is -1.99. The van der Waals surface area contributed by atoms with Crippen LogP contribution in [0.1, 0.15) is 15.9 Å². The van der Waals surface area contributed by atoms with Gasteiger partial charge in [0.15, 0.2) is 0 Å². The number of hydrogen-bond acceptors (Lipinski definition) is 4. The van der Waals surface area contributed by atoms with Crippen molar-refractivity contribution >= 4 is 16.5 Å². The van der Waals surface area contributed by atoms with Gasteiger partial charge >= 0.3 is 16.5 Å². The SMILES string of the molecule is O=C(O)c1ccccc1CN=S(=O)=O. The summed E-state index contributed by atoms with van der Waals surface area (Å²) >= 11 is 0. The van der Waals surface area contributed by atoms with E-state index in [2.05, 4.69) is 4.36 Å². The van der Waals surface area contributed by atoms with Crippen molar-refractivity contribution in [3.63, 3.8) is 0 Å². The van der Waals surface area contributed by atoms with Crippen LogP contribution in [0.2, 0.25) is 0 Å². The highest BCUT2D eigenvalue weighted by molar-refractivity contribution is 7.61. The van der Waals surface area contributed by atoms with Crippen LogP contribution in [-0.4, -0.2) is 19.5 Å². The average molecular weight is 213 g/mol. The quantitative estimate of drug-likeness (QED) is 0.810. The van der Waals surface area contributed by atoms with Gasteiger partial charge in [-0.05, 0) is 11.6 Å². The highest BCUT2D eigenvalue weighted by Crippen LogP contribution is 2.09. The maximum absolute atomic E-state index is 10.7. The lowest BCUT2D eigenvalue weighted by atomic mass is 10.1. The van der Waals surface area contributed by atoms with Gasteiger partial charge in [0, 0.05) is 0 Å². The van der Waals surface area contributed by atoms with Crippen molar-refractivity contribution in [2.45, 2.75) is 6.54 Å². The Balaban J connectivity index is 3.08. The molecule has 1 aromatic carbocycles. The summed E-state index contributed by atoms with van der Waals surface area (Å²) in [5, 5.41) is 8.74. The van der Waals surface area contributed by atoms with Crippen LogP contribution in [0.3, 0.4) is 0 Å². The van der Waals surface area contributed by atoms with Crippen LogP contribution >= 0.6 is 0 Å². The lowest BCUT2D eigenvalue weighted by molar-refractivity contribution is 0.0695. The summed E-state index contributed by atoms with van der Waals surface area (Å²) < 4.78 is 23.5. The Morgan fingerprint density at radius 1 is 1.36 bits per heavy atom. The van der Waals surface area contributed by atoms with Crippen molar-refractivity contribution < 1.29 is 18.3 Å². The summed E-state index contributed by atoms with van der Waals surface area (Å²) in [6.45, 7) is -0.140. The normalized spacial score (nSPS) is 9.43. The van der Waals surface area contributed by atoms with Gasteiger partial charge in [0.25, 0.3) is 0 Å². The number of carboxylic acid groups (broad SMARTS) is 1. The van der Waals surface area contributed by atoms with Gasteiger partial charge in [-0.15, -0.1) is 0 Å². The van der Waals surface area contributed by atoms with Crippen molar-refractivity contribution in [2.24, 2.45) is 4.36 Å². The smallest absolute Gasteiger partial charge is 0.336 e. The van der Waals surface area contributed by atoms with Crippen LogP contribution < -0.4 is 0 Å². The molecular formula is C8H7NO4S. The van der Waals surface area contributed by atoms with Gasteiger partial charge in [0.05, 0.1) is 12.1 Å². The topological polar surface area (TPSA) is 83.8 Å². The van der Waals surface area contributed by atoms with Crippen LogP contribution in [0.25, 0.3) is 0 Å². The molecule has 0 amide bonds. The molecule has 0 fully saturated rings. The molecule has 0 unspecified atom stereocenters. The third kappa shape index (κ3) is 2.67. The predicted molar refractivity (Wildman–Crippen MR) is 48.5 cm³/mol. The molecule has 14 heavy (non-hydrogen) atoms. The van der Waals surface area contributed by atoms with Crippen LogP contribution in [0.5, 0.6) is 0 Å². The first kappa shape index (κ1) is 10.4. The van der Waals surface area contributed by atoms with E-state index in [-0.39, 0.29) is 12.1 Å². The molecule has 74 valence electrons. The van der Waals surface area contributed by atoms with E-state index in [1.54, 1.807) is 12.1 Å². The number of benzene rings is 1. The van der Waals surface area contributed by atoms with Crippen LogP contribution in [0.4, 0.5) is 0 Å². The van der Waals surface area contributed by atoms with E-state index in [9.17, 15) is 13.2 Å². The third-order valence-corrected chi connectivity index (χ3v) is 1.93. The largest absolute Gasteiger partial charge is 0.478 e. The van der Waals surface area contributed by atoms with Crippen molar-refractivity contribution in [1.82, 2.24) is 0 Å². The highest BCUT2D eigenvalue weighted by atomic mass is 32.2. The van der Waals surface area contributed by atoms with E-state index in [1.807, 2.05) is 0 Å². The molecule has 1 N–H and O–H groups in total. The van der Waals surface area contributed by atoms with E-state index < -0.39 is 16.5 Å². The first-order valence-electron chi connectivity index (χ1n) is 3.69. The molecular weight excluding hydrogens is 206 g/mol. The minimum Gasteiger partial charge on any atom is -0.478 e. The Bertz CT molecular complexity index is 470. The minimum absolute atomic E-state index is 0.0710. The Morgan fingerprint density at radius 2 is 2.00 bits per heavy atom. The predicted octanol–water partition coefficient (Wildman–Crippen LogP) is 0.948. The number of aromatic carboxylic acids is 1. The second-order valence-corrected chi connectivity index (χ2v) is 3.16. The molecule has 0 aromatic heterocycles. The molecule has 0 heterocycles. The molecule has 0 saturated heterocycles. The maximum Gasteiger partial charge on any atom is 0.336 e. The standard InChI is InChI=1S/C8H7NO4S/c10-8(11)7-4-2-1-3-6(7)5-9-14(12)13/h1-4H,5H2,(H,10,11). The Labute approximate surface area is 81.7 Å². The van der Waals surface area contributed by atoms with Gasteiger partial charge in [-0.1, -0.05) is 18.2 Å². The van der Waals surface area contributed by atoms with Gasteiger partial charge < -0.3 is 5.11 Å². The van der Waals surface area contributed by atoms with Crippen molar-refractivity contribution in [3.05, 3.63) is 35.4 Å². The second-order valence-electron chi connectivity index (χ2n) is 2.47. The molecule has 1 aromatic rings. The molecule has 0 spiro atoms. The van der Waals surface area contributed by atoms with Crippen molar-refractivity contribution in [3.8, 4) is 0 Å². The van der Waals surface area contributed by atoms with Gasteiger partial charge in [0.2, 0.25) is 0 Å². The Hall–Kier alpha value is -1.69. The Morgan fingerprint density at radius 3 is 2.57 bits per heavy atom. The first-order chi connectivity index (χ1) is 6.61. The third-order valence-electron chi connectivity index (χ3n) is 1.59. The highest BCUT2D eigenvalue weighted by Gasteiger charge is 2.07. The molecule has 0 bridgehead atoms. The monoisotopic (exact) mass is 213 g/mol. The molecule has 5 nitrogen and oxygen atoms in total. The fourth-order valence-electron chi connectivity index (χ4n) is 0.989. The van der Waals surface area contributed by atoms with Crippen molar-refractivity contribution in [1.29, 1.82) is 0 Å². The summed E-state index contributed by atoms with van der Waals surface area (Å²) in [7, 11) is -2.51. The first-order valence-corrected chi connectivity index (χ1v) is 4.72. The molecule has 0 aliphatic carbocycles. The van der Waals surface area contributed by atoms with E-state index in [0.717, 1.165) is 0 Å². The number of rotatable bonds is 3. The zero-order valence-electron chi connectivity index (χ0n) is 7.04. The molecule has 0 atom stereocenters. The van der Waals surface area contributed by atoms with Gasteiger partial charge in [0.1, 0.15) is 0 Å². The molecule has 1 rings (SSSR count). The van der Waals surface area contributed by atoms with E-state index in [0.29, 0.717) is 5.56 Å². The summed E-state index contributed by atoms with van der Waals surface area (Å²) in [6, 6.07) is 6.13. The maximum atomic E-state index is 10.7. The van der Waals surface area contributed by atoms with Gasteiger partial charge in [-0.25, -0.2) is 4.79 Å². The molecule has 0 aliphatic rings. The van der Waals surface area contributed by atoms with Crippen molar-refractivity contribution in [2.75, 3.05) is 0 Å². The van der Waals surface area contributed by atoms with Crippen LogP contribution in [0.15, 0.2) is 28.6 Å². The van der Waals surface area contributed by atoms with Gasteiger partial charge in [-0.3, -0.25) is 0 Å². The molecule has 0 radical (unpaired) electrons. The van der Waals surface area contributed by atoms with E-state index in [1.165, 1.54) is 12.1 Å². The van der Waals surface area contributed by atoms with E-state index >= 15 is 0 Å². The minimum atomic E-state index is -2.51. The zero-order valence-corrected chi connectivity index (χ0v) is 7.86. The van der Waals surface area contributed by atoms with Crippen LogP contribution in [0, 0.1) is 0 Å². The fraction of sp³-hybridized carbons (Fsp3) is 0.125. The van der Waals surface area contributed by atoms with Crippen LogP contribution in [-0.2, 0) is 17.0 Å².